The lowest BCUT2D eigenvalue weighted by atomic mass is 9.48. The molecule has 218 valence electrons. The van der Waals surface area contributed by atoms with Gasteiger partial charge in [0.15, 0.2) is 0 Å². The molecule has 7 heteroatoms. The second-order valence-electron chi connectivity index (χ2n) is 13.5. The van der Waals surface area contributed by atoms with E-state index in [1.807, 2.05) is 12.1 Å². The lowest BCUT2D eigenvalue weighted by Crippen LogP contribution is -2.54. The number of imide groups is 1. The van der Waals surface area contributed by atoms with Gasteiger partial charge in [-0.2, -0.15) is 0 Å². The van der Waals surface area contributed by atoms with Crippen LogP contribution in [0.15, 0.2) is 23.0 Å². The minimum Gasteiger partial charge on any atom is -0.314 e. The zero-order valence-corrected chi connectivity index (χ0v) is 24.6. The summed E-state index contributed by atoms with van der Waals surface area (Å²) in [5.74, 6) is 9.24. The SMILES string of the molecule is Cc1nc2ccc(C#CCCCCCCNC(C)C34CC5CC(CC(C5)C3)C4)cc2c(=O)n1C1CCC(=O)NC1=O. The lowest BCUT2D eigenvalue weighted by molar-refractivity contribution is -0.135. The summed E-state index contributed by atoms with van der Waals surface area (Å²) in [5.41, 5.74) is 1.68. The molecule has 2 heterocycles. The Morgan fingerprint density at radius 1 is 1.05 bits per heavy atom. The molecule has 4 bridgehead atoms. The van der Waals surface area contributed by atoms with E-state index in [0.29, 0.717) is 34.6 Å². The van der Waals surface area contributed by atoms with Gasteiger partial charge >= 0.3 is 0 Å². The van der Waals surface area contributed by atoms with Gasteiger partial charge in [0, 0.05) is 24.4 Å². The number of nitrogens with one attached hydrogen (secondary N) is 2. The van der Waals surface area contributed by atoms with Crippen LogP contribution in [0.1, 0.15) is 108 Å². The van der Waals surface area contributed by atoms with Crippen LogP contribution < -0.4 is 16.2 Å². The summed E-state index contributed by atoms with van der Waals surface area (Å²) >= 11 is 0. The zero-order valence-electron chi connectivity index (χ0n) is 24.6. The van der Waals surface area contributed by atoms with E-state index >= 15 is 0 Å². The van der Waals surface area contributed by atoms with Gasteiger partial charge in [-0.15, -0.1) is 0 Å². The molecule has 4 aliphatic carbocycles. The molecule has 1 saturated heterocycles. The molecule has 2 amide bonds. The summed E-state index contributed by atoms with van der Waals surface area (Å²) in [6.45, 7) is 5.30. The van der Waals surface area contributed by atoms with Crippen molar-refractivity contribution in [1.29, 1.82) is 0 Å². The predicted molar refractivity (Wildman–Crippen MR) is 160 cm³/mol. The third kappa shape index (κ3) is 5.86. The van der Waals surface area contributed by atoms with E-state index in [1.165, 1.54) is 62.4 Å². The lowest BCUT2D eigenvalue weighted by Gasteiger charge is -2.59. The Balaban J connectivity index is 0.964. The smallest absolute Gasteiger partial charge is 0.262 e. The van der Waals surface area contributed by atoms with Crippen molar-refractivity contribution in [3.63, 3.8) is 0 Å². The van der Waals surface area contributed by atoms with Crippen molar-refractivity contribution in [2.75, 3.05) is 6.54 Å². The summed E-state index contributed by atoms with van der Waals surface area (Å²) in [5, 5.41) is 6.70. The van der Waals surface area contributed by atoms with Gasteiger partial charge in [-0.1, -0.05) is 24.7 Å². The molecule has 7 nitrogen and oxygen atoms in total. The van der Waals surface area contributed by atoms with Crippen LogP contribution in [0.2, 0.25) is 0 Å². The highest BCUT2D eigenvalue weighted by Crippen LogP contribution is 2.61. The van der Waals surface area contributed by atoms with Crippen LogP contribution in [-0.4, -0.2) is 34.0 Å². The van der Waals surface area contributed by atoms with Gasteiger partial charge in [0.1, 0.15) is 11.9 Å². The Labute approximate surface area is 243 Å². The fourth-order valence-electron chi connectivity index (χ4n) is 8.78. The summed E-state index contributed by atoms with van der Waals surface area (Å²) in [7, 11) is 0. The fourth-order valence-corrected chi connectivity index (χ4v) is 8.78. The molecular weight excluding hydrogens is 512 g/mol. The zero-order chi connectivity index (χ0) is 28.6. The molecular formula is C34H44N4O3. The minimum absolute atomic E-state index is 0.212. The monoisotopic (exact) mass is 556 g/mol. The molecule has 4 saturated carbocycles. The van der Waals surface area contributed by atoms with Crippen molar-refractivity contribution in [3.05, 3.63) is 39.9 Å². The molecule has 1 aromatic heterocycles. The van der Waals surface area contributed by atoms with Crippen LogP contribution in [0.4, 0.5) is 0 Å². The van der Waals surface area contributed by atoms with Crippen LogP contribution in [0.5, 0.6) is 0 Å². The Kier molecular flexibility index (Phi) is 8.05. The number of piperidine rings is 1. The van der Waals surface area contributed by atoms with E-state index in [-0.39, 0.29) is 17.9 Å². The van der Waals surface area contributed by atoms with E-state index in [2.05, 4.69) is 34.4 Å². The van der Waals surface area contributed by atoms with E-state index in [0.717, 1.165) is 42.7 Å². The average molecular weight is 557 g/mol. The number of hydrogen-bond acceptors (Lipinski definition) is 5. The topological polar surface area (TPSA) is 93.1 Å². The standard InChI is InChI=1S/C34H44N4O3/c1-22(34-19-25-15-26(20-34)17-27(16-25)21-34)35-14-8-6-4-3-5-7-9-24-10-11-29-28(18-24)33(41)38(23(2)36-29)30-12-13-31(39)37-32(30)40/h10-11,18,22,25-27,30,35H,3-6,8,12-17,19-21H2,1-2H3,(H,37,39,40). The summed E-state index contributed by atoms with van der Waals surface area (Å²) in [6.07, 6.45) is 15.0. The normalized spacial score (nSPS) is 29.3. The van der Waals surface area contributed by atoms with Gasteiger partial charge in [-0.25, -0.2) is 4.98 Å². The van der Waals surface area contributed by atoms with Gasteiger partial charge in [-0.05, 0) is 120 Å². The van der Waals surface area contributed by atoms with E-state index < -0.39 is 11.9 Å². The molecule has 2 atom stereocenters. The fraction of sp³-hybridized carbons (Fsp3) is 0.647. The Morgan fingerprint density at radius 2 is 1.76 bits per heavy atom. The first-order valence-electron chi connectivity index (χ1n) is 15.9. The number of fused-ring (bicyclic) bond motifs is 1. The number of unbranched alkanes of at least 4 members (excludes halogenated alkanes) is 4. The second kappa shape index (κ2) is 11.7. The van der Waals surface area contributed by atoms with Crippen molar-refractivity contribution < 1.29 is 9.59 Å². The van der Waals surface area contributed by atoms with Crippen molar-refractivity contribution in [3.8, 4) is 11.8 Å². The van der Waals surface area contributed by atoms with Crippen molar-refractivity contribution >= 4 is 22.7 Å². The molecule has 2 aromatic rings. The third-order valence-electron chi connectivity index (χ3n) is 10.5. The number of carbonyl (C=O) groups is 2. The third-order valence-corrected chi connectivity index (χ3v) is 10.5. The first kappa shape index (κ1) is 28.2. The first-order chi connectivity index (χ1) is 19.8. The number of rotatable bonds is 9. The van der Waals surface area contributed by atoms with Crippen molar-refractivity contribution in [1.82, 2.24) is 20.2 Å². The number of benzene rings is 1. The highest BCUT2D eigenvalue weighted by molar-refractivity contribution is 5.99. The number of nitrogens with zero attached hydrogens (tertiary/aromatic N) is 2. The molecule has 2 unspecified atom stereocenters. The van der Waals surface area contributed by atoms with E-state index in [1.54, 1.807) is 13.0 Å². The summed E-state index contributed by atoms with van der Waals surface area (Å²) < 4.78 is 1.42. The average Bonchev–Trinajstić information content (AvgIpc) is 2.92. The quantitative estimate of drug-likeness (QED) is 0.252. The van der Waals surface area contributed by atoms with E-state index in [4.69, 9.17) is 0 Å². The van der Waals surface area contributed by atoms with Crippen LogP contribution in [0.25, 0.3) is 10.9 Å². The number of amides is 2. The van der Waals surface area contributed by atoms with Crippen LogP contribution in [0.3, 0.4) is 0 Å². The maximum Gasteiger partial charge on any atom is 0.262 e. The number of hydrogen-bond donors (Lipinski definition) is 2. The molecule has 1 aromatic carbocycles. The molecule has 1 aliphatic heterocycles. The molecule has 0 radical (unpaired) electrons. The molecule has 2 N–H and O–H groups in total. The maximum atomic E-state index is 13.3. The van der Waals surface area contributed by atoms with Gasteiger partial charge in [0.05, 0.1) is 10.9 Å². The van der Waals surface area contributed by atoms with Gasteiger partial charge in [0.2, 0.25) is 11.8 Å². The predicted octanol–water partition coefficient (Wildman–Crippen LogP) is 5.18. The maximum absolute atomic E-state index is 13.3. The largest absolute Gasteiger partial charge is 0.314 e. The number of aryl methyl sites for hydroxylation is 1. The molecule has 7 rings (SSSR count). The van der Waals surface area contributed by atoms with E-state index in [9.17, 15) is 14.4 Å². The molecule has 0 spiro atoms. The van der Waals surface area contributed by atoms with Crippen LogP contribution in [0, 0.1) is 41.9 Å². The Bertz CT molecular complexity index is 1410. The van der Waals surface area contributed by atoms with Crippen molar-refractivity contribution in [2.24, 2.45) is 23.2 Å². The minimum atomic E-state index is -0.720. The summed E-state index contributed by atoms with van der Waals surface area (Å²) in [4.78, 5) is 41.8. The molecule has 5 aliphatic rings. The summed E-state index contributed by atoms with van der Waals surface area (Å²) in [6, 6.07) is 5.42. The Hall–Kier alpha value is -2.98. The Morgan fingerprint density at radius 3 is 2.46 bits per heavy atom. The van der Waals surface area contributed by atoms with Crippen molar-refractivity contribution in [2.45, 2.75) is 109 Å². The van der Waals surface area contributed by atoms with Gasteiger partial charge in [0.25, 0.3) is 5.56 Å². The first-order valence-corrected chi connectivity index (χ1v) is 15.9. The second-order valence-corrected chi connectivity index (χ2v) is 13.5. The molecule has 41 heavy (non-hydrogen) atoms. The van der Waals surface area contributed by atoms with Gasteiger partial charge in [-0.3, -0.25) is 24.3 Å². The highest BCUT2D eigenvalue weighted by atomic mass is 16.2. The highest BCUT2D eigenvalue weighted by Gasteiger charge is 2.52. The molecule has 5 fully saturated rings. The van der Waals surface area contributed by atoms with Crippen LogP contribution in [-0.2, 0) is 9.59 Å². The number of aromatic nitrogens is 2. The van der Waals surface area contributed by atoms with Gasteiger partial charge < -0.3 is 5.32 Å². The number of carbonyl (C=O) groups excluding carboxylic acids is 2. The van der Waals surface area contributed by atoms with Crippen LogP contribution >= 0.6 is 0 Å².